The van der Waals surface area contributed by atoms with Crippen LogP contribution in [0.5, 0.6) is 0 Å². The summed E-state index contributed by atoms with van der Waals surface area (Å²) in [7, 11) is -1.96. The molecule has 2 rings (SSSR count). The number of aromatic nitrogens is 1. The van der Waals surface area contributed by atoms with Crippen molar-refractivity contribution in [2.75, 3.05) is 32.1 Å². The van der Waals surface area contributed by atoms with Gasteiger partial charge in [-0.2, -0.15) is 0 Å². The van der Waals surface area contributed by atoms with Crippen LogP contribution < -0.4 is 10.0 Å². The van der Waals surface area contributed by atoms with Gasteiger partial charge in [-0.15, -0.1) is 0 Å². The fourth-order valence-corrected chi connectivity index (χ4v) is 3.36. The summed E-state index contributed by atoms with van der Waals surface area (Å²) in [5, 5.41) is 2.77. The molecule has 0 atom stereocenters. The van der Waals surface area contributed by atoms with Crippen LogP contribution in [-0.4, -0.2) is 40.2 Å². The predicted molar refractivity (Wildman–Crippen MR) is 80.2 cm³/mol. The van der Waals surface area contributed by atoms with Crippen molar-refractivity contribution in [2.45, 2.75) is 17.7 Å². The molecule has 8 heteroatoms. The lowest BCUT2D eigenvalue weighted by Gasteiger charge is -2.11. The molecule has 1 aromatic heterocycles. The second-order valence-corrected chi connectivity index (χ2v) is 7.32. The normalized spacial score (nSPS) is 15.3. The van der Waals surface area contributed by atoms with E-state index in [1.165, 1.54) is 18.9 Å². The maximum atomic E-state index is 12.2. The minimum Gasteiger partial charge on any atom is -0.380 e. The number of rotatable bonds is 8. The molecule has 6 nitrogen and oxygen atoms in total. The Morgan fingerprint density at radius 3 is 2.90 bits per heavy atom. The van der Waals surface area contributed by atoms with Gasteiger partial charge in [0, 0.05) is 30.9 Å². The number of nitrogens with one attached hydrogen (secondary N) is 2. The van der Waals surface area contributed by atoms with E-state index in [0.29, 0.717) is 22.8 Å². The van der Waals surface area contributed by atoms with E-state index in [0.717, 1.165) is 6.61 Å². The molecule has 0 radical (unpaired) electrons. The molecule has 0 saturated heterocycles. The van der Waals surface area contributed by atoms with Gasteiger partial charge in [0.05, 0.1) is 6.61 Å². The summed E-state index contributed by atoms with van der Waals surface area (Å²) in [5.41, 5.74) is 0. The molecule has 1 fully saturated rings. The molecule has 0 spiro atoms. The molecule has 0 aliphatic heterocycles. The highest BCUT2D eigenvalue weighted by Gasteiger charge is 2.22. The highest BCUT2D eigenvalue weighted by atomic mass is 79.9. The van der Waals surface area contributed by atoms with Crippen molar-refractivity contribution in [1.29, 1.82) is 0 Å². The first-order valence-corrected chi connectivity index (χ1v) is 8.71. The zero-order chi connectivity index (χ0) is 14.6. The minimum absolute atomic E-state index is 0.122. The number of anilines is 1. The van der Waals surface area contributed by atoms with Crippen molar-refractivity contribution in [2.24, 2.45) is 5.92 Å². The lowest BCUT2D eigenvalue weighted by Crippen LogP contribution is -2.28. The third-order valence-corrected chi connectivity index (χ3v) is 4.84. The van der Waals surface area contributed by atoms with Gasteiger partial charge in [-0.05, 0) is 40.8 Å². The van der Waals surface area contributed by atoms with Gasteiger partial charge in [-0.1, -0.05) is 0 Å². The third-order valence-electron chi connectivity index (χ3n) is 2.93. The summed E-state index contributed by atoms with van der Waals surface area (Å²) in [6.07, 6.45) is 3.99. The molecule has 1 aromatic rings. The average molecular weight is 364 g/mol. The molecule has 1 saturated carbocycles. The van der Waals surface area contributed by atoms with Crippen LogP contribution in [0.2, 0.25) is 0 Å². The summed E-state index contributed by atoms with van der Waals surface area (Å²) < 4.78 is 32.9. The van der Waals surface area contributed by atoms with Crippen LogP contribution in [0.3, 0.4) is 0 Å². The molecule has 1 heterocycles. The Hall–Kier alpha value is -0.700. The molecule has 0 bridgehead atoms. The lowest BCUT2D eigenvalue weighted by atomic mass is 10.4. The van der Waals surface area contributed by atoms with E-state index in [-0.39, 0.29) is 11.4 Å². The fraction of sp³-hybridized carbons (Fsp3) is 0.583. The van der Waals surface area contributed by atoms with Crippen LogP contribution in [0.25, 0.3) is 0 Å². The number of nitrogens with zero attached hydrogens (tertiary/aromatic N) is 1. The van der Waals surface area contributed by atoms with Crippen LogP contribution in [0.1, 0.15) is 12.8 Å². The Kier molecular flexibility index (Phi) is 5.36. The van der Waals surface area contributed by atoms with E-state index in [2.05, 4.69) is 31.0 Å². The standard InChI is InChI=1S/C12H18BrN3O3S/c1-14-12-11(6-10(13)7-15-12)20(17,18)16-4-5-19-8-9-2-3-9/h6-7,9,16H,2-5,8H2,1H3,(H,14,15). The van der Waals surface area contributed by atoms with Gasteiger partial charge >= 0.3 is 0 Å². The molecule has 0 amide bonds. The highest BCUT2D eigenvalue weighted by molar-refractivity contribution is 9.10. The number of sulfonamides is 1. The Morgan fingerprint density at radius 1 is 1.50 bits per heavy atom. The first kappa shape index (κ1) is 15.7. The zero-order valence-electron chi connectivity index (χ0n) is 11.2. The lowest BCUT2D eigenvalue weighted by molar-refractivity contribution is 0.129. The SMILES string of the molecule is CNc1ncc(Br)cc1S(=O)(=O)NCCOCC1CC1. The maximum Gasteiger partial charge on any atom is 0.244 e. The zero-order valence-corrected chi connectivity index (χ0v) is 13.6. The largest absolute Gasteiger partial charge is 0.380 e. The molecule has 20 heavy (non-hydrogen) atoms. The summed E-state index contributed by atoms with van der Waals surface area (Å²) in [6.45, 7) is 1.36. The number of pyridine rings is 1. The van der Waals surface area contributed by atoms with Gasteiger partial charge in [0.1, 0.15) is 10.7 Å². The molecule has 112 valence electrons. The highest BCUT2D eigenvalue weighted by Crippen LogP contribution is 2.28. The molecule has 2 N–H and O–H groups in total. The second-order valence-electron chi connectivity index (χ2n) is 4.67. The van der Waals surface area contributed by atoms with Crippen molar-refractivity contribution in [3.63, 3.8) is 0 Å². The summed E-state index contributed by atoms with van der Waals surface area (Å²) in [5.74, 6) is 0.997. The Labute approximate surface area is 127 Å². The molecule has 0 aromatic carbocycles. The van der Waals surface area contributed by atoms with E-state index < -0.39 is 10.0 Å². The van der Waals surface area contributed by atoms with Crippen LogP contribution in [0, 0.1) is 5.92 Å². The predicted octanol–water partition coefficient (Wildman–Crippen LogP) is 1.59. The monoisotopic (exact) mass is 363 g/mol. The number of halogens is 1. The Balaban J connectivity index is 1.92. The minimum atomic E-state index is -3.60. The van der Waals surface area contributed by atoms with Gasteiger partial charge in [-0.25, -0.2) is 18.1 Å². The van der Waals surface area contributed by atoms with Crippen LogP contribution in [0.4, 0.5) is 5.82 Å². The van der Waals surface area contributed by atoms with Crippen molar-refractivity contribution in [3.05, 3.63) is 16.7 Å². The first-order chi connectivity index (χ1) is 9.53. The van der Waals surface area contributed by atoms with E-state index >= 15 is 0 Å². The molecule has 1 aliphatic carbocycles. The number of ether oxygens (including phenoxy) is 1. The molecular formula is C12H18BrN3O3S. The van der Waals surface area contributed by atoms with Crippen LogP contribution in [-0.2, 0) is 14.8 Å². The van der Waals surface area contributed by atoms with Gasteiger partial charge < -0.3 is 10.1 Å². The van der Waals surface area contributed by atoms with E-state index in [9.17, 15) is 8.42 Å². The fourth-order valence-electron chi connectivity index (χ4n) is 1.67. The Bertz CT molecular complexity index is 561. The Morgan fingerprint density at radius 2 is 2.25 bits per heavy atom. The maximum absolute atomic E-state index is 12.2. The second kappa shape index (κ2) is 6.84. The van der Waals surface area contributed by atoms with Crippen LogP contribution >= 0.6 is 15.9 Å². The summed E-state index contributed by atoms with van der Waals surface area (Å²) >= 11 is 3.23. The van der Waals surface area contributed by atoms with Crippen molar-refractivity contribution in [1.82, 2.24) is 9.71 Å². The van der Waals surface area contributed by atoms with Crippen molar-refractivity contribution in [3.8, 4) is 0 Å². The van der Waals surface area contributed by atoms with Crippen LogP contribution in [0.15, 0.2) is 21.6 Å². The van der Waals surface area contributed by atoms with E-state index in [1.54, 1.807) is 13.2 Å². The number of hydrogen-bond donors (Lipinski definition) is 2. The smallest absolute Gasteiger partial charge is 0.244 e. The van der Waals surface area contributed by atoms with E-state index in [1.807, 2.05) is 0 Å². The quantitative estimate of drug-likeness (QED) is 0.685. The molecule has 1 aliphatic rings. The van der Waals surface area contributed by atoms with Crippen molar-refractivity contribution < 1.29 is 13.2 Å². The summed E-state index contributed by atoms with van der Waals surface area (Å²) in [6, 6.07) is 1.52. The summed E-state index contributed by atoms with van der Waals surface area (Å²) in [4.78, 5) is 4.15. The molecule has 0 unspecified atom stereocenters. The van der Waals surface area contributed by atoms with Gasteiger partial charge in [0.25, 0.3) is 0 Å². The van der Waals surface area contributed by atoms with Crippen molar-refractivity contribution >= 4 is 31.8 Å². The van der Waals surface area contributed by atoms with Gasteiger partial charge in [0.15, 0.2) is 0 Å². The molecular weight excluding hydrogens is 346 g/mol. The topological polar surface area (TPSA) is 80.3 Å². The third kappa shape index (κ3) is 4.41. The number of hydrogen-bond acceptors (Lipinski definition) is 5. The average Bonchev–Trinajstić information content (AvgIpc) is 3.22. The van der Waals surface area contributed by atoms with Gasteiger partial charge in [0.2, 0.25) is 10.0 Å². The van der Waals surface area contributed by atoms with Gasteiger partial charge in [-0.3, -0.25) is 0 Å². The van der Waals surface area contributed by atoms with E-state index in [4.69, 9.17) is 4.74 Å². The first-order valence-electron chi connectivity index (χ1n) is 6.43.